The monoisotopic (exact) mass is 255 g/mol. The molecule has 104 valence electrons. The van der Waals surface area contributed by atoms with Crippen LogP contribution in [-0.2, 0) is 14.3 Å². The quantitative estimate of drug-likeness (QED) is 0.561. The van der Waals surface area contributed by atoms with Crippen molar-refractivity contribution in [2.45, 2.75) is 47.1 Å². The van der Waals surface area contributed by atoms with Crippen LogP contribution < -0.4 is 5.32 Å². The maximum atomic E-state index is 11.7. The number of hydrogen-bond donors (Lipinski definition) is 1. The molecule has 0 bridgehead atoms. The molecular formula is C14H25NO3. The Balaban J connectivity index is 4.48. The number of carbonyl (C=O) groups is 2. The Hall–Kier alpha value is -1.32. The van der Waals surface area contributed by atoms with Crippen LogP contribution >= 0.6 is 0 Å². The lowest BCUT2D eigenvalue weighted by molar-refractivity contribution is -0.147. The largest absolute Gasteiger partial charge is 0.464 e. The predicted molar refractivity (Wildman–Crippen MR) is 72.0 cm³/mol. The summed E-state index contributed by atoms with van der Waals surface area (Å²) in [6.45, 7) is 10.1. The highest BCUT2D eigenvalue weighted by atomic mass is 16.5. The Morgan fingerprint density at radius 3 is 2.28 bits per heavy atom. The summed E-state index contributed by atoms with van der Waals surface area (Å²) in [5, 5.41) is 2.69. The number of nitrogens with one attached hydrogen (secondary N) is 1. The van der Waals surface area contributed by atoms with Crippen LogP contribution in [0, 0.1) is 11.8 Å². The van der Waals surface area contributed by atoms with Crippen LogP contribution in [-0.4, -0.2) is 24.5 Å². The third-order valence-corrected chi connectivity index (χ3v) is 2.23. The fourth-order valence-electron chi connectivity index (χ4n) is 1.43. The van der Waals surface area contributed by atoms with E-state index >= 15 is 0 Å². The van der Waals surface area contributed by atoms with Gasteiger partial charge in [0.05, 0.1) is 6.61 Å². The minimum absolute atomic E-state index is 0.248. The van der Waals surface area contributed by atoms with E-state index in [-0.39, 0.29) is 11.9 Å². The summed E-state index contributed by atoms with van der Waals surface area (Å²) in [5.74, 6) is 0.00979. The van der Waals surface area contributed by atoms with E-state index in [1.807, 2.05) is 27.7 Å². The first-order valence-electron chi connectivity index (χ1n) is 6.52. The molecule has 0 aliphatic rings. The van der Waals surface area contributed by atoms with Crippen molar-refractivity contribution in [3.63, 3.8) is 0 Å². The second-order valence-corrected chi connectivity index (χ2v) is 5.05. The molecule has 0 aromatic rings. The second-order valence-electron chi connectivity index (χ2n) is 5.05. The van der Waals surface area contributed by atoms with E-state index in [9.17, 15) is 9.59 Å². The molecule has 4 heteroatoms. The van der Waals surface area contributed by atoms with Gasteiger partial charge in [0.1, 0.15) is 6.04 Å². The minimum Gasteiger partial charge on any atom is -0.464 e. The van der Waals surface area contributed by atoms with Gasteiger partial charge in [0, 0.05) is 0 Å². The molecule has 0 aliphatic carbocycles. The average molecular weight is 255 g/mol. The molecule has 1 amide bonds. The lowest BCUT2D eigenvalue weighted by Crippen LogP contribution is -2.42. The van der Waals surface area contributed by atoms with E-state index in [0.717, 1.165) is 0 Å². The smallest absolute Gasteiger partial charge is 0.328 e. The second kappa shape index (κ2) is 8.72. The van der Waals surface area contributed by atoms with Gasteiger partial charge in [-0.05, 0) is 31.3 Å². The molecule has 0 fully saturated rings. The topological polar surface area (TPSA) is 55.4 Å². The third-order valence-electron chi connectivity index (χ3n) is 2.23. The van der Waals surface area contributed by atoms with E-state index in [1.54, 1.807) is 13.0 Å². The summed E-state index contributed by atoms with van der Waals surface area (Å²) in [6.07, 6.45) is 3.85. The number of carbonyl (C=O) groups excluding carboxylic acids is 2. The normalized spacial score (nSPS) is 13.1. The standard InChI is InChI=1S/C14H25NO3/c1-6-18-14(17)12(9-11(4)5)15-13(16)8-7-10(2)3/h7-8,10-12H,6,9H2,1-5H3,(H,15,16)/b8-7+. The lowest BCUT2D eigenvalue weighted by Gasteiger charge is -2.18. The summed E-state index contributed by atoms with van der Waals surface area (Å²) >= 11 is 0. The Kier molecular flexibility index (Phi) is 8.08. The zero-order valence-electron chi connectivity index (χ0n) is 12.0. The van der Waals surface area contributed by atoms with Gasteiger partial charge >= 0.3 is 5.97 Å². The molecule has 0 heterocycles. The van der Waals surface area contributed by atoms with Gasteiger partial charge in [-0.2, -0.15) is 0 Å². The van der Waals surface area contributed by atoms with Crippen LogP contribution in [0.15, 0.2) is 12.2 Å². The first kappa shape index (κ1) is 16.7. The van der Waals surface area contributed by atoms with Crippen LogP contribution in [0.1, 0.15) is 41.0 Å². The summed E-state index contributed by atoms with van der Waals surface area (Å²) in [5.41, 5.74) is 0. The van der Waals surface area contributed by atoms with Crippen LogP contribution in [0.3, 0.4) is 0 Å². The van der Waals surface area contributed by atoms with Gasteiger partial charge in [0.2, 0.25) is 5.91 Å². The van der Waals surface area contributed by atoms with Gasteiger partial charge in [0.25, 0.3) is 0 Å². The van der Waals surface area contributed by atoms with Crippen molar-refractivity contribution in [2.75, 3.05) is 6.61 Å². The first-order chi connectivity index (χ1) is 8.36. The van der Waals surface area contributed by atoms with Crippen molar-refractivity contribution in [3.05, 3.63) is 12.2 Å². The van der Waals surface area contributed by atoms with Crippen LogP contribution in [0.5, 0.6) is 0 Å². The predicted octanol–water partition coefficient (Wildman–Crippen LogP) is 2.29. The fourth-order valence-corrected chi connectivity index (χ4v) is 1.43. The molecule has 0 aromatic heterocycles. The molecule has 0 aromatic carbocycles. The highest BCUT2D eigenvalue weighted by Crippen LogP contribution is 2.06. The molecule has 4 nitrogen and oxygen atoms in total. The molecule has 0 saturated heterocycles. The molecule has 1 unspecified atom stereocenters. The van der Waals surface area contributed by atoms with Gasteiger partial charge in [-0.25, -0.2) is 4.79 Å². The molecular weight excluding hydrogens is 230 g/mol. The Morgan fingerprint density at radius 1 is 1.22 bits per heavy atom. The van der Waals surface area contributed by atoms with Gasteiger partial charge in [0.15, 0.2) is 0 Å². The molecule has 0 aliphatic heterocycles. The number of hydrogen-bond acceptors (Lipinski definition) is 3. The van der Waals surface area contributed by atoms with Gasteiger partial charge in [-0.3, -0.25) is 4.79 Å². The Labute approximate surface area is 110 Å². The summed E-state index contributed by atoms with van der Waals surface area (Å²) in [4.78, 5) is 23.3. The first-order valence-corrected chi connectivity index (χ1v) is 6.52. The van der Waals surface area contributed by atoms with Gasteiger partial charge in [-0.1, -0.05) is 33.8 Å². The fraction of sp³-hybridized carbons (Fsp3) is 0.714. The van der Waals surface area contributed by atoms with E-state index in [4.69, 9.17) is 4.74 Å². The number of ether oxygens (including phenoxy) is 1. The SMILES string of the molecule is CCOC(=O)C(CC(C)C)NC(=O)/C=C/C(C)C. The summed E-state index contributed by atoms with van der Waals surface area (Å²) in [7, 11) is 0. The zero-order chi connectivity index (χ0) is 14.1. The van der Waals surface area contributed by atoms with Crippen molar-refractivity contribution in [2.24, 2.45) is 11.8 Å². The maximum Gasteiger partial charge on any atom is 0.328 e. The zero-order valence-corrected chi connectivity index (χ0v) is 12.0. The van der Waals surface area contributed by atoms with Crippen LogP contribution in [0.4, 0.5) is 0 Å². The highest BCUT2D eigenvalue weighted by Gasteiger charge is 2.22. The molecule has 1 atom stereocenters. The van der Waals surface area contributed by atoms with E-state index < -0.39 is 6.04 Å². The Bertz CT molecular complexity index is 295. The van der Waals surface area contributed by atoms with Gasteiger partial charge in [-0.15, -0.1) is 0 Å². The molecule has 0 saturated carbocycles. The Morgan fingerprint density at radius 2 is 1.83 bits per heavy atom. The minimum atomic E-state index is -0.561. The van der Waals surface area contributed by atoms with Crippen molar-refractivity contribution in [3.8, 4) is 0 Å². The van der Waals surface area contributed by atoms with E-state index in [0.29, 0.717) is 24.9 Å². The molecule has 1 N–H and O–H groups in total. The molecule has 0 radical (unpaired) electrons. The van der Waals surface area contributed by atoms with E-state index in [2.05, 4.69) is 5.32 Å². The molecule has 0 rings (SSSR count). The van der Waals surface area contributed by atoms with Crippen molar-refractivity contribution >= 4 is 11.9 Å². The molecule has 0 spiro atoms. The van der Waals surface area contributed by atoms with Crippen LogP contribution in [0.25, 0.3) is 0 Å². The van der Waals surface area contributed by atoms with Crippen LogP contribution in [0.2, 0.25) is 0 Å². The summed E-state index contributed by atoms with van der Waals surface area (Å²) < 4.78 is 4.95. The third kappa shape index (κ3) is 7.87. The lowest BCUT2D eigenvalue weighted by atomic mass is 10.0. The molecule has 18 heavy (non-hydrogen) atoms. The number of rotatable bonds is 7. The van der Waals surface area contributed by atoms with Crippen molar-refractivity contribution in [1.29, 1.82) is 0 Å². The maximum absolute atomic E-state index is 11.7. The number of esters is 1. The number of amides is 1. The average Bonchev–Trinajstić information content (AvgIpc) is 2.25. The van der Waals surface area contributed by atoms with Crippen molar-refractivity contribution in [1.82, 2.24) is 5.32 Å². The van der Waals surface area contributed by atoms with E-state index in [1.165, 1.54) is 6.08 Å². The van der Waals surface area contributed by atoms with Gasteiger partial charge < -0.3 is 10.1 Å². The van der Waals surface area contributed by atoms with Crippen molar-refractivity contribution < 1.29 is 14.3 Å². The highest BCUT2D eigenvalue weighted by molar-refractivity contribution is 5.91. The number of allylic oxidation sites excluding steroid dienone is 1. The summed E-state index contributed by atoms with van der Waals surface area (Å²) in [6, 6.07) is -0.561.